The highest BCUT2D eigenvalue weighted by atomic mass is 35.5. The third kappa shape index (κ3) is 4.97. The Bertz CT molecular complexity index is 1280. The van der Waals surface area contributed by atoms with E-state index < -0.39 is 18.1 Å². The number of rotatable bonds is 5. The maximum atomic E-state index is 12.5. The number of halogens is 2. The minimum Gasteiger partial charge on any atom is -0.506 e. The van der Waals surface area contributed by atoms with Gasteiger partial charge in [-0.3, -0.25) is 9.59 Å². The van der Waals surface area contributed by atoms with Crippen molar-refractivity contribution in [3.63, 3.8) is 0 Å². The summed E-state index contributed by atoms with van der Waals surface area (Å²) in [5.41, 5.74) is 3.99. The number of aliphatic hydroxyl groups excluding tert-OH is 2. The normalized spacial score (nSPS) is 18.4. The second-order valence-corrected chi connectivity index (χ2v) is 10.4. The number of amides is 2. The average Bonchev–Trinajstić information content (AvgIpc) is 3.53. The number of β-amino-alcohol motifs (C(OH)–C–C–N with tert-alkyl or cyclic N) is 2. The first-order chi connectivity index (χ1) is 16.2. The van der Waals surface area contributed by atoms with Gasteiger partial charge in [0, 0.05) is 18.5 Å². The van der Waals surface area contributed by atoms with Crippen molar-refractivity contribution in [3.8, 4) is 16.2 Å². The number of nitrogens with one attached hydrogen (secondary N) is 1. The minimum absolute atomic E-state index is 0.0119. The Morgan fingerprint density at radius 1 is 1.09 bits per heavy atom. The van der Waals surface area contributed by atoms with E-state index in [4.69, 9.17) is 23.2 Å². The van der Waals surface area contributed by atoms with E-state index in [2.05, 4.69) is 10.5 Å². The average molecular weight is 540 g/mol. The second-order valence-electron chi connectivity index (χ2n) is 7.60. The molecule has 0 aliphatic carbocycles. The number of likely N-dealkylation sites (tertiary alicyclic amines) is 1. The molecule has 2 amide bonds. The van der Waals surface area contributed by atoms with Crippen molar-refractivity contribution in [2.24, 2.45) is 5.10 Å². The molecule has 8 nitrogen and oxygen atoms in total. The Kier molecular flexibility index (Phi) is 7.27. The van der Waals surface area contributed by atoms with E-state index in [9.17, 15) is 24.9 Å². The van der Waals surface area contributed by atoms with Gasteiger partial charge in [0.15, 0.2) is 0 Å². The summed E-state index contributed by atoms with van der Waals surface area (Å²) in [6, 6.07) is 8.08. The predicted octanol–water partition coefficient (Wildman–Crippen LogP) is 3.82. The molecule has 0 spiro atoms. The van der Waals surface area contributed by atoms with Gasteiger partial charge in [-0.25, -0.2) is 5.43 Å². The van der Waals surface area contributed by atoms with Crippen LogP contribution in [0.25, 0.3) is 10.4 Å². The topological polar surface area (TPSA) is 122 Å². The van der Waals surface area contributed by atoms with E-state index in [1.165, 1.54) is 28.4 Å². The summed E-state index contributed by atoms with van der Waals surface area (Å²) in [7, 11) is 0. The third-order valence-corrected chi connectivity index (χ3v) is 8.08. The number of hydrogen-bond donors (Lipinski definition) is 4. The van der Waals surface area contributed by atoms with Gasteiger partial charge in [0.05, 0.1) is 48.2 Å². The van der Waals surface area contributed by atoms with E-state index in [1.54, 1.807) is 30.5 Å². The van der Waals surface area contributed by atoms with Crippen molar-refractivity contribution < 1.29 is 24.9 Å². The van der Waals surface area contributed by atoms with Crippen LogP contribution in [0.15, 0.2) is 40.8 Å². The van der Waals surface area contributed by atoms with E-state index in [1.807, 2.05) is 0 Å². The number of aliphatic hydroxyl groups is 2. The molecule has 178 valence electrons. The quantitative estimate of drug-likeness (QED) is 0.290. The molecule has 2 unspecified atom stereocenters. The molecule has 1 aliphatic heterocycles. The summed E-state index contributed by atoms with van der Waals surface area (Å²) >= 11 is 14.3. The van der Waals surface area contributed by atoms with Crippen LogP contribution >= 0.6 is 45.9 Å². The summed E-state index contributed by atoms with van der Waals surface area (Å²) in [5.74, 6) is -0.862. The van der Waals surface area contributed by atoms with Crippen molar-refractivity contribution in [3.05, 3.63) is 61.1 Å². The standard InChI is InChI=1S/C22H19Cl2N3O5S2/c1-10(12-9-33-20(19(12)30)11-2-3-13(23)14(24)6-11)25-26-21(31)17-4-5-18(34-17)22(32)27-7-15(28)16(29)8-27/h2-6,9,15-16,28-30H,7-8H2,1H3,(H,26,31). The molecule has 0 bridgehead atoms. The van der Waals surface area contributed by atoms with E-state index in [0.29, 0.717) is 36.6 Å². The molecule has 2 atom stereocenters. The monoisotopic (exact) mass is 539 g/mol. The molecule has 3 heterocycles. The van der Waals surface area contributed by atoms with Crippen molar-refractivity contribution in [2.75, 3.05) is 13.1 Å². The molecule has 12 heteroatoms. The molecule has 4 N–H and O–H groups in total. The first kappa shape index (κ1) is 24.6. The van der Waals surface area contributed by atoms with Crippen molar-refractivity contribution in [1.82, 2.24) is 10.3 Å². The lowest BCUT2D eigenvalue weighted by Gasteiger charge is -2.13. The number of carbonyl (C=O) groups excluding carboxylic acids is 2. The molecule has 1 aliphatic rings. The zero-order valence-electron chi connectivity index (χ0n) is 17.7. The van der Waals surface area contributed by atoms with Crippen LogP contribution < -0.4 is 5.43 Å². The third-order valence-electron chi connectivity index (χ3n) is 5.25. The van der Waals surface area contributed by atoms with E-state index >= 15 is 0 Å². The molecular weight excluding hydrogens is 521 g/mol. The fourth-order valence-corrected chi connectivity index (χ4v) is 5.53. The summed E-state index contributed by atoms with van der Waals surface area (Å²) in [4.78, 5) is 27.6. The smallest absolute Gasteiger partial charge is 0.281 e. The first-order valence-corrected chi connectivity index (χ1v) is 12.5. The highest BCUT2D eigenvalue weighted by molar-refractivity contribution is 7.16. The Balaban J connectivity index is 1.44. The lowest BCUT2D eigenvalue weighted by Crippen LogP contribution is -2.29. The number of aromatic hydroxyl groups is 1. The van der Waals surface area contributed by atoms with Crippen LogP contribution in [0.3, 0.4) is 0 Å². The largest absolute Gasteiger partial charge is 0.506 e. The predicted molar refractivity (Wildman–Crippen MR) is 133 cm³/mol. The maximum Gasteiger partial charge on any atom is 0.281 e. The molecule has 4 rings (SSSR count). The SMILES string of the molecule is CC(=NNC(=O)c1ccc(C(=O)N2CC(O)C(O)C2)s1)c1csc(-c2ccc(Cl)c(Cl)c2)c1O. The highest BCUT2D eigenvalue weighted by Gasteiger charge is 2.33. The second kappa shape index (κ2) is 10.0. The first-order valence-electron chi connectivity index (χ1n) is 10.0. The maximum absolute atomic E-state index is 12.5. The number of benzene rings is 1. The number of nitrogens with zero attached hydrogens (tertiary/aromatic N) is 2. The van der Waals surface area contributed by atoms with Crippen LogP contribution in [-0.2, 0) is 0 Å². The van der Waals surface area contributed by atoms with Gasteiger partial charge in [0.25, 0.3) is 11.8 Å². The van der Waals surface area contributed by atoms with Crippen LogP contribution in [0.5, 0.6) is 5.75 Å². The van der Waals surface area contributed by atoms with Gasteiger partial charge in [-0.1, -0.05) is 29.3 Å². The highest BCUT2D eigenvalue weighted by Crippen LogP contribution is 2.40. The van der Waals surface area contributed by atoms with Crippen LogP contribution in [0.2, 0.25) is 10.0 Å². The van der Waals surface area contributed by atoms with Gasteiger partial charge in [-0.15, -0.1) is 22.7 Å². The van der Waals surface area contributed by atoms with Crippen LogP contribution in [0.1, 0.15) is 31.8 Å². The van der Waals surface area contributed by atoms with Gasteiger partial charge < -0.3 is 20.2 Å². The van der Waals surface area contributed by atoms with Gasteiger partial charge in [-0.05, 0) is 36.8 Å². The summed E-state index contributed by atoms with van der Waals surface area (Å²) < 4.78 is 0. The van der Waals surface area contributed by atoms with E-state index in [0.717, 1.165) is 11.3 Å². The fourth-order valence-electron chi connectivity index (χ4n) is 3.37. The van der Waals surface area contributed by atoms with Gasteiger partial charge in [0.1, 0.15) is 5.75 Å². The molecule has 34 heavy (non-hydrogen) atoms. The lowest BCUT2D eigenvalue weighted by molar-refractivity contribution is 0.0572. The minimum atomic E-state index is -0.977. The summed E-state index contributed by atoms with van der Waals surface area (Å²) in [6.45, 7) is 1.72. The molecule has 0 saturated carbocycles. The molecule has 1 saturated heterocycles. The summed E-state index contributed by atoms with van der Waals surface area (Å²) in [6.07, 6.45) is -1.95. The number of hydrogen-bond acceptors (Lipinski definition) is 8. The van der Waals surface area contributed by atoms with Crippen molar-refractivity contribution in [2.45, 2.75) is 19.1 Å². The number of hydrazone groups is 1. The van der Waals surface area contributed by atoms with E-state index in [-0.39, 0.29) is 29.6 Å². The molecule has 1 fully saturated rings. The van der Waals surface area contributed by atoms with Gasteiger partial charge >= 0.3 is 0 Å². The Morgan fingerprint density at radius 2 is 1.76 bits per heavy atom. The molecule has 2 aromatic heterocycles. The Labute approximate surface area is 212 Å². The van der Waals surface area contributed by atoms with Crippen molar-refractivity contribution in [1.29, 1.82) is 0 Å². The zero-order chi connectivity index (χ0) is 24.6. The summed E-state index contributed by atoms with van der Waals surface area (Å²) in [5, 5.41) is 36.5. The molecule has 3 aromatic rings. The van der Waals surface area contributed by atoms with Crippen molar-refractivity contribution >= 4 is 63.4 Å². The van der Waals surface area contributed by atoms with Gasteiger partial charge in [0.2, 0.25) is 0 Å². The number of carbonyl (C=O) groups is 2. The zero-order valence-corrected chi connectivity index (χ0v) is 20.8. The fraction of sp³-hybridized carbons (Fsp3) is 0.227. The number of thiophene rings is 2. The molecular formula is C22H19Cl2N3O5S2. The lowest BCUT2D eigenvalue weighted by atomic mass is 10.1. The van der Waals surface area contributed by atoms with Crippen LogP contribution in [0.4, 0.5) is 0 Å². The Morgan fingerprint density at radius 3 is 2.44 bits per heavy atom. The molecule has 0 radical (unpaired) electrons. The van der Waals surface area contributed by atoms with Crippen LogP contribution in [-0.4, -0.2) is 63.0 Å². The van der Waals surface area contributed by atoms with Crippen LogP contribution in [0, 0.1) is 0 Å². The van der Waals surface area contributed by atoms with Gasteiger partial charge in [-0.2, -0.15) is 5.10 Å². The Hall–Kier alpha value is -2.47. The molecule has 1 aromatic carbocycles.